The van der Waals surface area contributed by atoms with Gasteiger partial charge in [-0.1, -0.05) is 6.07 Å². The molecule has 20 heavy (non-hydrogen) atoms. The molecule has 1 aromatic heterocycles. The predicted octanol–water partition coefficient (Wildman–Crippen LogP) is 3.27. The number of nitrogens with one attached hydrogen (secondary N) is 1. The lowest BCUT2D eigenvalue weighted by molar-refractivity contribution is -0.131. The highest BCUT2D eigenvalue weighted by Crippen LogP contribution is 2.16. The number of hydrogen-bond acceptors (Lipinski definition) is 2. The third-order valence-electron chi connectivity index (χ3n) is 3.60. The number of fused-ring (bicyclic) bond motifs is 1. The van der Waals surface area contributed by atoms with E-state index < -0.39 is 0 Å². The number of hydrogen-bond donors (Lipinski definition) is 1. The number of amides is 1. The van der Waals surface area contributed by atoms with E-state index in [1.54, 1.807) is 0 Å². The van der Waals surface area contributed by atoms with Crippen molar-refractivity contribution in [3.05, 3.63) is 28.5 Å². The molecule has 5 heteroatoms. The molecule has 2 aromatic rings. The smallest absolute Gasteiger partial charge is 0.224 e. The highest BCUT2D eigenvalue weighted by Gasteiger charge is 2.11. The number of imidazole rings is 1. The van der Waals surface area contributed by atoms with E-state index in [9.17, 15) is 4.79 Å². The summed E-state index contributed by atoms with van der Waals surface area (Å²) in [5.74, 6) is 0.179. The topological polar surface area (TPSA) is 41.0 Å². The van der Waals surface area contributed by atoms with Gasteiger partial charge in [-0.05, 0) is 50.7 Å². The second-order valence-electron chi connectivity index (χ2n) is 4.92. The van der Waals surface area contributed by atoms with Crippen molar-refractivity contribution in [2.45, 2.75) is 33.7 Å². The first-order valence-electron chi connectivity index (χ1n) is 7.03. The van der Waals surface area contributed by atoms with Gasteiger partial charge >= 0.3 is 0 Å². The Morgan fingerprint density at radius 2 is 2.05 bits per heavy atom. The van der Waals surface area contributed by atoms with E-state index in [0.717, 1.165) is 24.1 Å². The van der Waals surface area contributed by atoms with E-state index in [-0.39, 0.29) is 5.91 Å². The molecule has 1 amide bonds. The van der Waals surface area contributed by atoms with Crippen LogP contribution in [0.1, 0.15) is 25.8 Å². The van der Waals surface area contributed by atoms with Crippen LogP contribution in [-0.4, -0.2) is 33.4 Å². The molecule has 0 bridgehead atoms. The van der Waals surface area contributed by atoms with Crippen LogP contribution in [0.5, 0.6) is 0 Å². The second-order valence-corrected chi connectivity index (χ2v) is 5.31. The van der Waals surface area contributed by atoms with Crippen LogP contribution in [0.3, 0.4) is 0 Å². The van der Waals surface area contributed by atoms with Crippen molar-refractivity contribution >= 4 is 29.2 Å². The summed E-state index contributed by atoms with van der Waals surface area (Å²) in [5.41, 5.74) is 3.29. The lowest BCUT2D eigenvalue weighted by Gasteiger charge is -2.18. The second kappa shape index (κ2) is 6.22. The van der Waals surface area contributed by atoms with Crippen molar-refractivity contribution in [1.82, 2.24) is 14.5 Å². The molecule has 1 aromatic carbocycles. The lowest BCUT2D eigenvalue weighted by Crippen LogP contribution is -2.31. The van der Waals surface area contributed by atoms with Gasteiger partial charge in [0.2, 0.25) is 5.91 Å². The average Bonchev–Trinajstić information content (AvgIpc) is 2.72. The summed E-state index contributed by atoms with van der Waals surface area (Å²) in [5, 5.41) is 0. The van der Waals surface area contributed by atoms with E-state index in [1.165, 1.54) is 5.56 Å². The Morgan fingerprint density at radius 1 is 1.35 bits per heavy atom. The van der Waals surface area contributed by atoms with Gasteiger partial charge in [0.25, 0.3) is 0 Å². The van der Waals surface area contributed by atoms with Gasteiger partial charge in [-0.3, -0.25) is 4.79 Å². The Kier molecular flexibility index (Phi) is 4.60. The van der Waals surface area contributed by atoms with Gasteiger partial charge in [-0.15, -0.1) is 0 Å². The monoisotopic (exact) mass is 291 g/mol. The molecule has 1 heterocycles. The zero-order valence-corrected chi connectivity index (χ0v) is 13.1. The maximum atomic E-state index is 12.1. The van der Waals surface area contributed by atoms with Gasteiger partial charge in [-0.2, -0.15) is 0 Å². The Labute approximate surface area is 124 Å². The number of aromatic nitrogens is 2. The Hall–Kier alpha value is -1.62. The molecule has 0 aliphatic heterocycles. The number of aryl methyl sites for hydroxylation is 2. The van der Waals surface area contributed by atoms with Gasteiger partial charge in [0, 0.05) is 26.1 Å². The van der Waals surface area contributed by atoms with Gasteiger partial charge in [-0.25, -0.2) is 0 Å². The van der Waals surface area contributed by atoms with Crippen LogP contribution in [0, 0.1) is 11.7 Å². The summed E-state index contributed by atoms with van der Waals surface area (Å²) < 4.78 is 2.68. The normalized spacial score (nSPS) is 10.9. The number of rotatable bonds is 5. The molecule has 0 aliphatic rings. The van der Waals surface area contributed by atoms with E-state index >= 15 is 0 Å². The minimum absolute atomic E-state index is 0.179. The first kappa shape index (κ1) is 14.8. The van der Waals surface area contributed by atoms with Crippen LogP contribution >= 0.6 is 12.2 Å². The number of carbonyl (C=O) groups excluding carboxylic acids is 1. The molecule has 2 rings (SSSR count). The van der Waals surface area contributed by atoms with Crippen molar-refractivity contribution in [1.29, 1.82) is 0 Å². The molecule has 0 fully saturated rings. The number of nitrogens with zero attached hydrogens (tertiary/aromatic N) is 2. The number of carbonyl (C=O) groups is 1. The van der Waals surface area contributed by atoms with Crippen molar-refractivity contribution in [2.75, 3.05) is 13.1 Å². The minimum atomic E-state index is 0.179. The number of H-pyrrole nitrogens is 1. The van der Waals surface area contributed by atoms with Crippen LogP contribution in [-0.2, 0) is 11.3 Å². The molecule has 0 saturated heterocycles. The SMILES string of the molecule is CCN(CC)C(=O)CCn1c(=S)[nH]c2cc(C)ccc21. The summed E-state index contributed by atoms with van der Waals surface area (Å²) in [6.07, 6.45) is 0.483. The molecular weight excluding hydrogens is 270 g/mol. The molecule has 0 unspecified atom stereocenters. The molecule has 108 valence electrons. The summed E-state index contributed by atoms with van der Waals surface area (Å²) in [7, 11) is 0. The van der Waals surface area contributed by atoms with Crippen LogP contribution in [0.15, 0.2) is 18.2 Å². The fourth-order valence-electron chi connectivity index (χ4n) is 2.44. The average molecular weight is 291 g/mol. The lowest BCUT2D eigenvalue weighted by atomic mass is 10.2. The molecule has 0 aliphatic carbocycles. The Morgan fingerprint density at radius 3 is 2.70 bits per heavy atom. The Balaban J connectivity index is 2.20. The van der Waals surface area contributed by atoms with Crippen molar-refractivity contribution in [3.8, 4) is 0 Å². The zero-order valence-electron chi connectivity index (χ0n) is 12.3. The van der Waals surface area contributed by atoms with Crippen LogP contribution < -0.4 is 0 Å². The predicted molar refractivity (Wildman–Crippen MR) is 84.4 cm³/mol. The van der Waals surface area contributed by atoms with E-state index in [2.05, 4.69) is 30.1 Å². The first-order valence-corrected chi connectivity index (χ1v) is 7.44. The standard InChI is InChI=1S/C15H21N3OS/c1-4-17(5-2)14(19)8-9-18-13-7-6-11(3)10-12(13)16-15(18)20/h6-7,10H,4-5,8-9H2,1-3H3,(H,16,20). The van der Waals surface area contributed by atoms with Crippen LogP contribution in [0.2, 0.25) is 0 Å². The largest absolute Gasteiger partial charge is 0.343 e. The van der Waals surface area contributed by atoms with Gasteiger partial charge in [0.05, 0.1) is 11.0 Å². The van der Waals surface area contributed by atoms with Crippen molar-refractivity contribution < 1.29 is 4.79 Å². The van der Waals surface area contributed by atoms with E-state index in [4.69, 9.17) is 12.2 Å². The summed E-state index contributed by atoms with van der Waals surface area (Å²) in [6.45, 7) is 8.19. The fraction of sp³-hybridized carbons (Fsp3) is 0.467. The highest BCUT2D eigenvalue weighted by molar-refractivity contribution is 7.71. The summed E-state index contributed by atoms with van der Waals surface area (Å²) >= 11 is 5.35. The van der Waals surface area contributed by atoms with Crippen LogP contribution in [0.25, 0.3) is 11.0 Å². The van der Waals surface area contributed by atoms with Crippen molar-refractivity contribution in [2.24, 2.45) is 0 Å². The van der Waals surface area contributed by atoms with Gasteiger partial charge < -0.3 is 14.5 Å². The quantitative estimate of drug-likeness (QED) is 0.859. The zero-order chi connectivity index (χ0) is 14.7. The molecule has 1 N–H and O–H groups in total. The summed E-state index contributed by atoms with van der Waals surface area (Å²) in [4.78, 5) is 17.1. The highest BCUT2D eigenvalue weighted by atomic mass is 32.1. The van der Waals surface area contributed by atoms with Gasteiger partial charge in [0.1, 0.15) is 0 Å². The van der Waals surface area contributed by atoms with Crippen molar-refractivity contribution in [3.63, 3.8) is 0 Å². The van der Waals surface area contributed by atoms with Crippen LogP contribution in [0.4, 0.5) is 0 Å². The molecule has 0 spiro atoms. The Bertz CT molecular complexity index is 667. The fourth-order valence-corrected chi connectivity index (χ4v) is 2.74. The maximum absolute atomic E-state index is 12.1. The molecular formula is C15H21N3OS. The third-order valence-corrected chi connectivity index (χ3v) is 3.92. The molecule has 0 radical (unpaired) electrons. The summed E-state index contributed by atoms with van der Waals surface area (Å²) in [6, 6.07) is 6.19. The number of aromatic amines is 1. The van der Waals surface area contributed by atoms with E-state index in [0.29, 0.717) is 17.7 Å². The minimum Gasteiger partial charge on any atom is -0.343 e. The first-order chi connectivity index (χ1) is 9.56. The molecule has 0 atom stereocenters. The van der Waals surface area contributed by atoms with Gasteiger partial charge in [0.15, 0.2) is 4.77 Å². The third kappa shape index (κ3) is 2.93. The van der Waals surface area contributed by atoms with E-state index in [1.807, 2.05) is 23.3 Å². The maximum Gasteiger partial charge on any atom is 0.224 e. The molecule has 4 nitrogen and oxygen atoms in total. The number of benzene rings is 1. The molecule has 0 saturated carbocycles.